The van der Waals surface area contributed by atoms with Gasteiger partial charge in [0.15, 0.2) is 6.61 Å². The average molecular weight is 316 g/mol. The molecule has 0 unspecified atom stereocenters. The SMILES string of the molecule is CN(C)C(=O)COc1cccc(NC(=O)C(C)(C)N)c1.Cl. The lowest BCUT2D eigenvalue weighted by atomic mass is 10.1. The molecule has 0 fully saturated rings. The first kappa shape index (κ1) is 19.2. The van der Waals surface area contributed by atoms with Crippen LogP contribution in [0.25, 0.3) is 0 Å². The zero-order chi connectivity index (χ0) is 15.3. The first-order chi connectivity index (χ1) is 9.20. The molecule has 0 saturated carbocycles. The van der Waals surface area contributed by atoms with E-state index in [0.717, 1.165) is 0 Å². The maximum absolute atomic E-state index is 11.8. The molecule has 0 saturated heterocycles. The molecule has 0 atom stereocenters. The summed E-state index contributed by atoms with van der Waals surface area (Å²) in [6.45, 7) is 3.20. The topological polar surface area (TPSA) is 84.7 Å². The lowest BCUT2D eigenvalue weighted by molar-refractivity contribution is -0.130. The molecular weight excluding hydrogens is 294 g/mol. The highest BCUT2D eigenvalue weighted by atomic mass is 35.5. The largest absolute Gasteiger partial charge is 0.484 e. The van der Waals surface area contributed by atoms with Crippen LogP contribution in [0.15, 0.2) is 24.3 Å². The first-order valence-corrected chi connectivity index (χ1v) is 6.23. The molecule has 0 bridgehead atoms. The summed E-state index contributed by atoms with van der Waals surface area (Å²) in [5, 5.41) is 2.69. The van der Waals surface area contributed by atoms with Gasteiger partial charge in [0.25, 0.3) is 5.91 Å². The Morgan fingerprint density at radius 3 is 2.48 bits per heavy atom. The molecule has 0 aromatic heterocycles. The van der Waals surface area contributed by atoms with E-state index in [0.29, 0.717) is 11.4 Å². The zero-order valence-electron chi connectivity index (χ0n) is 12.7. The van der Waals surface area contributed by atoms with Crippen molar-refractivity contribution < 1.29 is 14.3 Å². The van der Waals surface area contributed by atoms with Crippen molar-refractivity contribution in [2.75, 3.05) is 26.0 Å². The van der Waals surface area contributed by atoms with Crippen molar-refractivity contribution in [1.29, 1.82) is 0 Å². The summed E-state index contributed by atoms with van der Waals surface area (Å²) in [5.41, 5.74) is 5.32. The van der Waals surface area contributed by atoms with E-state index in [-0.39, 0.29) is 30.8 Å². The Hall–Kier alpha value is -1.79. The number of carbonyl (C=O) groups excluding carboxylic acids is 2. The quantitative estimate of drug-likeness (QED) is 0.856. The van der Waals surface area contributed by atoms with Gasteiger partial charge in [-0.1, -0.05) is 6.07 Å². The molecular formula is C14H22ClN3O3. The molecule has 6 nitrogen and oxygen atoms in total. The van der Waals surface area contributed by atoms with Gasteiger partial charge in [-0.15, -0.1) is 12.4 Å². The number of nitrogens with zero attached hydrogens (tertiary/aromatic N) is 1. The Balaban J connectivity index is 0.00000400. The fraction of sp³-hybridized carbons (Fsp3) is 0.429. The molecule has 1 aromatic carbocycles. The zero-order valence-corrected chi connectivity index (χ0v) is 13.5. The molecule has 0 aliphatic rings. The predicted octanol–water partition coefficient (Wildman–Crippen LogP) is 1.25. The Morgan fingerprint density at radius 1 is 1.33 bits per heavy atom. The van der Waals surface area contributed by atoms with Crippen molar-refractivity contribution in [2.45, 2.75) is 19.4 Å². The number of amides is 2. The van der Waals surface area contributed by atoms with E-state index < -0.39 is 5.54 Å². The van der Waals surface area contributed by atoms with E-state index in [9.17, 15) is 9.59 Å². The van der Waals surface area contributed by atoms with Crippen LogP contribution in [0, 0.1) is 0 Å². The normalized spacial score (nSPS) is 10.3. The first-order valence-electron chi connectivity index (χ1n) is 6.23. The maximum atomic E-state index is 11.8. The van der Waals surface area contributed by atoms with E-state index in [4.69, 9.17) is 10.5 Å². The molecule has 2 amide bonds. The molecule has 0 spiro atoms. The number of hydrogen-bond acceptors (Lipinski definition) is 4. The van der Waals surface area contributed by atoms with Crippen LogP contribution >= 0.6 is 12.4 Å². The Morgan fingerprint density at radius 2 is 1.95 bits per heavy atom. The number of nitrogens with one attached hydrogen (secondary N) is 1. The predicted molar refractivity (Wildman–Crippen MR) is 84.8 cm³/mol. The number of likely N-dealkylation sites (N-methyl/N-ethyl adjacent to an activating group) is 1. The van der Waals surface area contributed by atoms with Crippen LogP contribution in [-0.2, 0) is 9.59 Å². The van der Waals surface area contributed by atoms with Gasteiger partial charge < -0.3 is 20.7 Å². The van der Waals surface area contributed by atoms with Crippen LogP contribution in [0.1, 0.15) is 13.8 Å². The van der Waals surface area contributed by atoms with Crippen LogP contribution in [-0.4, -0.2) is 43.0 Å². The standard InChI is InChI=1S/C14H21N3O3.ClH/c1-14(2,15)13(19)16-10-6-5-7-11(8-10)20-9-12(18)17(3)4;/h5-8H,9,15H2,1-4H3,(H,16,19);1H. The number of ether oxygens (including phenoxy) is 1. The van der Waals surface area contributed by atoms with Gasteiger partial charge in [-0.3, -0.25) is 9.59 Å². The summed E-state index contributed by atoms with van der Waals surface area (Å²) >= 11 is 0. The summed E-state index contributed by atoms with van der Waals surface area (Å²) in [5.74, 6) is 0.0781. The minimum absolute atomic E-state index is 0. The molecule has 0 heterocycles. The van der Waals surface area contributed by atoms with Gasteiger partial charge in [0.1, 0.15) is 5.75 Å². The van der Waals surface area contributed by atoms with Crippen molar-refractivity contribution in [3.63, 3.8) is 0 Å². The van der Waals surface area contributed by atoms with Gasteiger partial charge in [-0.25, -0.2) is 0 Å². The molecule has 21 heavy (non-hydrogen) atoms. The van der Waals surface area contributed by atoms with E-state index >= 15 is 0 Å². The monoisotopic (exact) mass is 315 g/mol. The van der Waals surface area contributed by atoms with Gasteiger partial charge >= 0.3 is 0 Å². The Kier molecular flexibility index (Phi) is 7.18. The van der Waals surface area contributed by atoms with Gasteiger partial charge in [0.05, 0.1) is 5.54 Å². The summed E-state index contributed by atoms with van der Waals surface area (Å²) < 4.78 is 5.36. The lowest BCUT2D eigenvalue weighted by Crippen LogP contribution is -2.45. The molecule has 7 heteroatoms. The third kappa shape index (κ3) is 6.46. The molecule has 1 rings (SSSR count). The van der Waals surface area contributed by atoms with E-state index in [1.54, 1.807) is 52.2 Å². The maximum Gasteiger partial charge on any atom is 0.259 e. The fourth-order valence-electron chi connectivity index (χ4n) is 1.23. The van der Waals surface area contributed by atoms with E-state index in [1.165, 1.54) is 4.90 Å². The van der Waals surface area contributed by atoms with Crippen LogP contribution in [0.4, 0.5) is 5.69 Å². The number of hydrogen-bond donors (Lipinski definition) is 2. The number of nitrogens with two attached hydrogens (primary N) is 1. The highest BCUT2D eigenvalue weighted by Crippen LogP contribution is 2.18. The van der Waals surface area contributed by atoms with Gasteiger partial charge in [-0.05, 0) is 26.0 Å². The van der Waals surface area contributed by atoms with Gasteiger partial charge in [0.2, 0.25) is 5.91 Å². The molecule has 0 aliphatic heterocycles. The van der Waals surface area contributed by atoms with Crippen LogP contribution in [0.2, 0.25) is 0 Å². The molecule has 118 valence electrons. The van der Waals surface area contributed by atoms with Crippen LogP contribution < -0.4 is 15.8 Å². The number of anilines is 1. The molecule has 0 radical (unpaired) electrons. The smallest absolute Gasteiger partial charge is 0.259 e. The lowest BCUT2D eigenvalue weighted by Gasteiger charge is -2.18. The van der Waals surface area contributed by atoms with Crippen molar-refractivity contribution in [1.82, 2.24) is 4.90 Å². The summed E-state index contributed by atoms with van der Waals surface area (Å²) in [4.78, 5) is 24.6. The van der Waals surface area contributed by atoms with Crippen LogP contribution in [0.3, 0.4) is 0 Å². The third-order valence-electron chi connectivity index (χ3n) is 2.54. The van der Waals surface area contributed by atoms with Crippen molar-refractivity contribution in [2.24, 2.45) is 5.73 Å². The third-order valence-corrected chi connectivity index (χ3v) is 2.54. The van der Waals surface area contributed by atoms with Crippen molar-refractivity contribution in [3.8, 4) is 5.75 Å². The molecule has 0 aliphatic carbocycles. The number of halogens is 1. The number of carbonyl (C=O) groups is 2. The summed E-state index contributed by atoms with van der Waals surface area (Å²) in [7, 11) is 3.32. The highest BCUT2D eigenvalue weighted by molar-refractivity contribution is 5.97. The fourth-order valence-corrected chi connectivity index (χ4v) is 1.23. The van der Waals surface area contributed by atoms with Crippen LogP contribution in [0.5, 0.6) is 5.75 Å². The minimum Gasteiger partial charge on any atom is -0.484 e. The second-order valence-electron chi connectivity index (χ2n) is 5.28. The number of benzene rings is 1. The number of rotatable bonds is 5. The second-order valence-corrected chi connectivity index (χ2v) is 5.28. The summed E-state index contributed by atoms with van der Waals surface area (Å²) in [6.07, 6.45) is 0. The van der Waals surface area contributed by atoms with Crippen molar-refractivity contribution in [3.05, 3.63) is 24.3 Å². The van der Waals surface area contributed by atoms with E-state index in [1.807, 2.05) is 0 Å². The van der Waals surface area contributed by atoms with Gasteiger partial charge in [0, 0.05) is 25.8 Å². The second kappa shape index (κ2) is 7.85. The highest BCUT2D eigenvalue weighted by Gasteiger charge is 2.21. The Bertz CT molecular complexity index is 498. The van der Waals surface area contributed by atoms with E-state index in [2.05, 4.69) is 5.32 Å². The van der Waals surface area contributed by atoms with Crippen molar-refractivity contribution >= 4 is 29.9 Å². The average Bonchev–Trinajstić information content (AvgIpc) is 2.35. The van der Waals surface area contributed by atoms with Gasteiger partial charge in [-0.2, -0.15) is 0 Å². The molecule has 3 N–H and O–H groups in total. The Labute approximate surface area is 131 Å². The minimum atomic E-state index is -0.961. The molecule has 1 aromatic rings. The summed E-state index contributed by atoms with van der Waals surface area (Å²) in [6, 6.07) is 6.82.